The smallest absolute Gasteiger partial charge is 0.257 e. The lowest BCUT2D eigenvalue weighted by atomic mass is 10.3. The van der Waals surface area contributed by atoms with Gasteiger partial charge >= 0.3 is 0 Å². The van der Waals surface area contributed by atoms with Crippen LogP contribution in [0.4, 0.5) is 10.1 Å². The average molecular weight is 360 g/mol. The van der Waals surface area contributed by atoms with E-state index < -0.39 is 5.82 Å². The summed E-state index contributed by atoms with van der Waals surface area (Å²) in [5.41, 5.74) is 0.738. The van der Waals surface area contributed by atoms with Crippen LogP contribution in [0.2, 0.25) is 5.15 Å². The van der Waals surface area contributed by atoms with Crippen molar-refractivity contribution in [1.82, 2.24) is 9.78 Å². The molecular weight excluding hydrogens is 343 g/mol. The number of hydrogen-bond donors (Lipinski definition) is 1. The summed E-state index contributed by atoms with van der Waals surface area (Å²) in [6.07, 6.45) is 6.06. The molecule has 6 nitrogen and oxygen atoms in total. The molecule has 0 aromatic carbocycles. The minimum absolute atomic E-state index is 0.0558. The molecule has 23 heavy (non-hydrogen) atoms. The highest BCUT2D eigenvalue weighted by molar-refractivity contribution is 7.98. The Morgan fingerprint density at radius 3 is 2.91 bits per heavy atom. The lowest BCUT2D eigenvalue weighted by molar-refractivity contribution is -0.905. The van der Waals surface area contributed by atoms with Crippen molar-refractivity contribution in [3.63, 3.8) is 0 Å². The lowest BCUT2D eigenvalue weighted by Gasteiger charge is -2.19. The predicted molar refractivity (Wildman–Crippen MR) is 86.9 cm³/mol. The van der Waals surface area contributed by atoms with E-state index in [4.69, 9.17) is 11.6 Å². The first-order chi connectivity index (χ1) is 11.0. The van der Waals surface area contributed by atoms with E-state index in [1.54, 1.807) is 11.8 Å². The summed E-state index contributed by atoms with van der Waals surface area (Å²) in [7, 11) is 0. The third-order valence-corrected chi connectivity index (χ3v) is 4.03. The predicted octanol–water partition coefficient (Wildman–Crippen LogP) is 2.30. The van der Waals surface area contributed by atoms with Crippen LogP contribution < -0.4 is 9.63 Å². The summed E-state index contributed by atoms with van der Waals surface area (Å²) in [6.45, 7) is 2.29. The third-order valence-electron chi connectivity index (χ3n) is 3.15. The first-order valence-electron chi connectivity index (χ1n) is 6.92. The maximum Gasteiger partial charge on any atom is 0.257 e. The summed E-state index contributed by atoms with van der Waals surface area (Å²) < 4.78 is 15.3. The number of rotatable bonds is 6. The van der Waals surface area contributed by atoms with E-state index in [-0.39, 0.29) is 16.7 Å². The number of pyridine rings is 1. The molecule has 1 N–H and O–H groups in total. The zero-order valence-corrected chi connectivity index (χ0v) is 14.3. The second-order valence-corrected chi connectivity index (χ2v) is 6.07. The van der Waals surface area contributed by atoms with Gasteiger partial charge in [0.1, 0.15) is 11.4 Å². The van der Waals surface area contributed by atoms with Gasteiger partial charge in [-0.1, -0.05) is 11.6 Å². The van der Waals surface area contributed by atoms with Gasteiger partial charge < -0.3 is 4.90 Å². The molecule has 0 aliphatic carbocycles. The van der Waals surface area contributed by atoms with Crippen LogP contribution in [0.25, 0.3) is 5.69 Å². The van der Waals surface area contributed by atoms with Crippen molar-refractivity contribution in [1.29, 1.82) is 0 Å². The molecular formula is C14H17ClFN4O2S+. The number of carbonyl (C=O) groups excluding carboxylic acids is 1. The van der Waals surface area contributed by atoms with Crippen molar-refractivity contribution in [2.45, 2.75) is 13.3 Å². The topological polar surface area (TPSA) is 62.2 Å². The average Bonchev–Trinajstić information content (AvgIpc) is 2.87. The monoisotopic (exact) mass is 359 g/mol. The van der Waals surface area contributed by atoms with Gasteiger partial charge in [-0.05, 0) is 13.2 Å². The Bertz CT molecular complexity index is 690. The molecule has 0 saturated carbocycles. The van der Waals surface area contributed by atoms with Crippen LogP contribution in [-0.2, 0) is 4.79 Å². The van der Waals surface area contributed by atoms with E-state index >= 15 is 0 Å². The highest BCUT2D eigenvalue weighted by Gasteiger charge is 2.21. The van der Waals surface area contributed by atoms with Gasteiger partial charge in [0.05, 0.1) is 6.20 Å². The number of amides is 1. The van der Waals surface area contributed by atoms with Gasteiger partial charge in [-0.15, -0.1) is 0 Å². The van der Waals surface area contributed by atoms with Crippen LogP contribution in [0, 0.1) is 5.82 Å². The molecule has 0 spiro atoms. The zero-order valence-electron chi connectivity index (χ0n) is 12.7. The van der Waals surface area contributed by atoms with Crippen LogP contribution >= 0.6 is 23.4 Å². The largest absolute Gasteiger partial charge is 0.308 e. The molecule has 0 aliphatic rings. The normalized spacial score (nSPS) is 10.8. The standard InChI is InChI=1S/C14H17ClFN4O2S/c1-3-19(13(21)4-5-23-2)12-9-20(17-14(12)15)11-6-10(16)7-18(22)8-11/h6-9,22H,3-5H2,1-2H3/q+1. The van der Waals surface area contributed by atoms with Crippen LogP contribution in [0.1, 0.15) is 13.3 Å². The van der Waals surface area contributed by atoms with Crippen LogP contribution in [-0.4, -0.2) is 39.4 Å². The SMILES string of the molecule is CCN(C(=O)CCSC)c1cn(-c2cc(F)c[n+](O)c2)nc1Cl. The summed E-state index contributed by atoms with van der Waals surface area (Å²) in [5.74, 6) is 0.0384. The summed E-state index contributed by atoms with van der Waals surface area (Å²) in [4.78, 5) is 13.8. The van der Waals surface area contributed by atoms with E-state index in [1.165, 1.54) is 28.0 Å². The summed E-state index contributed by atoms with van der Waals surface area (Å²) >= 11 is 7.72. The van der Waals surface area contributed by atoms with Gasteiger partial charge in [-0.3, -0.25) is 10.0 Å². The quantitative estimate of drug-likeness (QED) is 0.635. The number of carbonyl (C=O) groups is 1. The number of halogens is 2. The van der Waals surface area contributed by atoms with Gasteiger partial charge in [0.25, 0.3) is 6.20 Å². The molecule has 1 amide bonds. The van der Waals surface area contributed by atoms with E-state index in [9.17, 15) is 14.4 Å². The Hall–Kier alpha value is -1.80. The second kappa shape index (κ2) is 7.65. The molecule has 2 rings (SSSR count). The number of nitrogens with zero attached hydrogens (tertiary/aromatic N) is 4. The molecule has 9 heteroatoms. The van der Waals surface area contributed by atoms with Gasteiger partial charge in [0.2, 0.25) is 12.1 Å². The number of thioether (sulfide) groups is 1. The Morgan fingerprint density at radius 1 is 1.57 bits per heavy atom. The molecule has 2 aromatic rings. The maximum atomic E-state index is 13.4. The van der Waals surface area contributed by atoms with Crippen molar-refractivity contribution in [3.05, 3.63) is 35.6 Å². The van der Waals surface area contributed by atoms with Gasteiger partial charge in [-0.25, -0.2) is 9.07 Å². The Kier molecular flexibility index (Phi) is 5.84. The molecule has 0 atom stereocenters. The summed E-state index contributed by atoms with van der Waals surface area (Å²) in [6, 6.07) is 1.20. The molecule has 0 radical (unpaired) electrons. The molecule has 0 saturated heterocycles. The van der Waals surface area contributed by atoms with Gasteiger partial charge in [0.15, 0.2) is 11.0 Å². The van der Waals surface area contributed by atoms with E-state index in [0.717, 1.165) is 11.9 Å². The number of anilines is 1. The fourth-order valence-electron chi connectivity index (χ4n) is 2.10. The van der Waals surface area contributed by atoms with Gasteiger partial charge in [0, 0.05) is 29.5 Å². The molecule has 2 heterocycles. The first kappa shape index (κ1) is 17.6. The van der Waals surface area contributed by atoms with Crippen molar-refractivity contribution in [2.75, 3.05) is 23.5 Å². The molecule has 0 fully saturated rings. The molecule has 0 aliphatic heterocycles. The van der Waals surface area contributed by atoms with E-state index in [2.05, 4.69) is 5.10 Å². The number of aromatic nitrogens is 3. The maximum absolute atomic E-state index is 13.4. The first-order valence-corrected chi connectivity index (χ1v) is 8.69. The molecule has 0 bridgehead atoms. The minimum Gasteiger partial charge on any atom is -0.308 e. The third kappa shape index (κ3) is 4.14. The van der Waals surface area contributed by atoms with E-state index in [0.29, 0.717) is 23.4 Å². The van der Waals surface area contributed by atoms with Gasteiger partial charge in [-0.2, -0.15) is 16.9 Å². The van der Waals surface area contributed by atoms with Crippen molar-refractivity contribution < 1.29 is 19.1 Å². The Morgan fingerprint density at radius 2 is 2.30 bits per heavy atom. The lowest BCUT2D eigenvalue weighted by Crippen LogP contribution is -2.31. The zero-order chi connectivity index (χ0) is 17.0. The second-order valence-electron chi connectivity index (χ2n) is 4.72. The van der Waals surface area contributed by atoms with Crippen LogP contribution in [0.3, 0.4) is 0 Å². The Balaban J connectivity index is 2.34. The minimum atomic E-state index is -0.624. The Labute approximate surface area is 142 Å². The van der Waals surface area contributed by atoms with Crippen LogP contribution in [0.5, 0.6) is 0 Å². The molecule has 2 aromatic heterocycles. The fourth-order valence-corrected chi connectivity index (χ4v) is 2.71. The van der Waals surface area contributed by atoms with Crippen molar-refractivity contribution >= 4 is 35.0 Å². The highest BCUT2D eigenvalue weighted by Crippen LogP contribution is 2.26. The highest BCUT2D eigenvalue weighted by atomic mass is 35.5. The van der Waals surface area contributed by atoms with Crippen molar-refractivity contribution in [2.24, 2.45) is 0 Å². The number of hydrogen-bond acceptors (Lipinski definition) is 4. The van der Waals surface area contributed by atoms with Crippen molar-refractivity contribution in [3.8, 4) is 5.69 Å². The summed E-state index contributed by atoms with van der Waals surface area (Å²) in [5, 5.41) is 13.6. The van der Waals surface area contributed by atoms with Crippen LogP contribution in [0.15, 0.2) is 24.7 Å². The fraction of sp³-hybridized carbons (Fsp3) is 0.357. The van der Waals surface area contributed by atoms with E-state index in [1.807, 2.05) is 13.2 Å². The molecule has 124 valence electrons. The molecule has 0 unspecified atom stereocenters.